The third-order valence-corrected chi connectivity index (χ3v) is 3.17. The molecular weight excluding hydrogens is 246 g/mol. The Morgan fingerprint density at radius 2 is 2.11 bits per heavy atom. The van der Waals surface area contributed by atoms with Crippen LogP contribution in [0.3, 0.4) is 0 Å². The first kappa shape index (κ1) is 12.2. The molecule has 0 amide bonds. The van der Waals surface area contributed by atoms with Gasteiger partial charge in [0.25, 0.3) is 5.89 Å². The third-order valence-electron chi connectivity index (χ3n) is 3.17. The van der Waals surface area contributed by atoms with Crippen LogP contribution in [-0.4, -0.2) is 38.3 Å². The molecule has 1 fully saturated rings. The van der Waals surface area contributed by atoms with Crippen molar-refractivity contribution >= 4 is 0 Å². The van der Waals surface area contributed by atoms with Crippen molar-refractivity contribution in [3.63, 3.8) is 0 Å². The van der Waals surface area contributed by atoms with E-state index in [0.717, 1.165) is 18.5 Å². The summed E-state index contributed by atoms with van der Waals surface area (Å²) in [6, 6.07) is 0. The van der Waals surface area contributed by atoms with Crippen LogP contribution < -0.4 is 5.32 Å². The normalized spacial score (nSPS) is 23.5. The first-order valence-corrected chi connectivity index (χ1v) is 6.24. The maximum Gasteiger partial charge on any atom is 0.260 e. The highest BCUT2D eigenvalue weighted by Gasteiger charge is 2.37. The molecule has 100 valence electrons. The van der Waals surface area contributed by atoms with Crippen molar-refractivity contribution in [3.05, 3.63) is 23.8 Å². The molecule has 19 heavy (non-hydrogen) atoms. The highest BCUT2D eigenvalue weighted by molar-refractivity contribution is 5.41. The number of aliphatic hydroxyl groups is 1. The van der Waals surface area contributed by atoms with Crippen LogP contribution in [0, 0.1) is 6.92 Å². The zero-order valence-electron chi connectivity index (χ0n) is 10.6. The minimum atomic E-state index is -1.09. The Morgan fingerprint density at radius 3 is 2.79 bits per heavy atom. The summed E-state index contributed by atoms with van der Waals surface area (Å²) in [6.07, 6.45) is 4.86. The summed E-state index contributed by atoms with van der Waals surface area (Å²) in [5.74, 6) is 0.917. The quantitative estimate of drug-likeness (QED) is 0.807. The standard InChI is InChI=1S/C12H15N5O2/c1-8-5-14-9(15-6-8)10-16-11(19-17-10)12(18)3-2-4-13-7-12/h5-6,13,18H,2-4,7H2,1H3. The molecule has 3 rings (SSSR count). The minimum absolute atomic E-state index is 0.221. The predicted molar refractivity (Wildman–Crippen MR) is 66.1 cm³/mol. The Bertz CT molecular complexity index is 560. The number of β-amino-alcohol motifs (C(OH)–C–C–N with tert-alkyl or cyclic N) is 1. The van der Waals surface area contributed by atoms with Gasteiger partial charge in [-0.1, -0.05) is 5.16 Å². The van der Waals surface area contributed by atoms with Gasteiger partial charge >= 0.3 is 0 Å². The van der Waals surface area contributed by atoms with Gasteiger partial charge in [0.2, 0.25) is 11.6 Å². The molecule has 7 heteroatoms. The summed E-state index contributed by atoms with van der Waals surface area (Å²) < 4.78 is 5.16. The Balaban J connectivity index is 1.88. The number of nitrogens with zero attached hydrogens (tertiary/aromatic N) is 4. The topological polar surface area (TPSA) is 97.0 Å². The molecule has 1 aliphatic heterocycles. The molecule has 1 saturated heterocycles. The van der Waals surface area contributed by atoms with Gasteiger partial charge in [-0.25, -0.2) is 9.97 Å². The van der Waals surface area contributed by atoms with Crippen molar-refractivity contribution in [1.29, 1.82) is 0 Å². The van der Waals surface area contributed by atoms with E-state index in [0.29, 0.717) is 24.6 Å². The maximum atomic E-state index is 10.4. The van der Waals surface area contributed by atoms with E-state index in [-0.39, 0.29) is 5.89 Å². The van der Waals surface area contributed by atoms with Crippen LogP contribution in [0.2, 0.25) is 0 Å². The lowest BCUT2D eigenvalue weighted by Gasteiger charge is -2.28. The summed E-state index contributed by atoms with van der Waals surface area (Å²) in [7, 11) is 0. The zero-order valence-corrected chi connectivity index (χ0v) is 10.6. The molecule has 1 unspecified atom stereocenters. The highest BCUT2D eigenvalue weighted by Crippen LogP contribution is 2.27. The monoisotopic (exact) mass is 261 g/mol. The molecule has 0 radical (unpaired) electrons. The first-order chi connectivity index (χ1) is 9.17. The van der Waals surface area contributed by atoms with E-state index in [1.165, 1.54) is 0 Å². The van der Waals surface area contributed by atoms with Crippen LogP contribution in [-0.2, 0) is 5.60 Å². The summed E-state index contributed by atoms with van der Waals surface area (Å²) >= 11 is 0. The van der Waals surface area contributed by atoms with E-state index < -0.39 is 5.60 Å². The summed E-state index contributed by atoms with van der Waals surface area (Å²) in [6.45, 7) is 3.22. The molecule has 0 aliphatic carbocycles. The van der Waals surface area contributed by atoms with E-state index in [1.54, 1.807) is 12.4 Å². The fraction of sp³-hybridized carbons (Fsp3) is 0.500. The number of hydrogen-bond donors (Lipinski definition) is 2. The second kappa shape index (κ2) is 4.67. The fourth-order valence-corrected chi connectivity index (χ4v) is 2.08. The lowest BCUT2D eigenvalue weighted by molar-refractivity contribution is -0.0167. The van der Waals surface area contributed by atoms with Gasteiger partial charge < -0.3 is 14.9 Å². The number of piperidine rings is 1. The van der Waals surface area contributed by atoms with E-state index in [2.05, 4.69) is 25.4 Å². The van der Waals surface area contributed by atoms with Gasteiger partial charge in [-0.3, -0.25) is 0 Å². The average Bonchev–Trinajstić information content (AvgIpc) is 2.91. The lowest BCUT2D eigenvalue weighted by atomic mass is 9.94. The SMILES string of the molecule is Cc1cnc(-c2noc(C3(O)CCCNC3)n2)nc1. The smallest absolute Gasteiger partial charge is 0.260 e. The van der Waals surface area contributed by atoms with Gasteiger partial charge in [0.15, 0.2) is 5.60 Å². The van der Waals surface area contributed by atoms with Crippen molar-refractivity contribution in [2.24, 2.45) is 0 Å². The largest absolute Gasteiger partial charge is 0.379 e. The number of aromatic nitrogens is 4. The fourth-order valence-electron chi connectivity index (χ4n) is 2.08. The molecule has 1 atom stereocenters. The van der Waals surface area contributed by atoms with Crippen molar-refractivity contribution in [1.82, 2.24) is 25.4 Å². The van der Waals surface area contributed by atoms with Crippen molar-refractivity contribution in [2.75, 3.05) is 13.1 Å². The van der Waals surface area contributed by atoms with E-state index in [1.807, 2.05) is 6.92 Å². The number of nitrogens with one attached hydrogen (secondary N) is 1. The van der Waals surface area contributed by atoms with Gasteiger partial charge in [0.05, 0.1) is 0 Å². The molecule has 0 spiro atoms. The van der Waals surface area contributed by atoms with Crippen LogP contribution in [0.5, 0.6) is 0 Å². The Hall–Kier alpha value is -1.86. The Labute approximate surface area is 110 Å². The van der Waals surface area contributed by atoms with Crippen molar-refractivity contribution in [3.8, 4) is 11.6 Å². The van der Waals surface area contributed by atoms with Crippen LogP contribution in [0.25, 0.3) is 11.6 Å². The molecule has 2 N–H and O–H groups in total. The average molecular weight is 261 g/mol. The van der Waals surface area contributed by atoms with Crippen molar-refractivity contribution in [2.45, 2.75) is 25.4 Å². The molecule has 1 aliphatic rings. The molecule has 3 heterocycles. The van der Waals surface area contributed by atoms with Crippen LogP contribution in [0.15, 0.2) is 16.9 Å². The maximum absolute atomic E-state index is 10.4. The van der Waals surface area contributed by atoms with E-state index >= 15 is 0 Å². The van der Waals surface area contributed by atoms with Crippen LogP contribution in [0.4, 0.5) is 0 Å². The van der Waals surface area contributed by atoms with Crippen LogP contribution in [0.1, 0.15) is 24.3 Å². The molecule has 2 aromatic heterocycles. The second-order valence-electron chi connectivity index (χ2n) is 4.82. The second-order valence-corrected chi connectivity index (χ2v) is 4.82. The summed E-state index contributed by atoms with van der Waals surface area (Å²) in [5, 5.41) is 17.4. The zero-order chi connectivity index (χ0) is 13.3. The van der Waals surface area contributed by atoms with Gasteiger partial charge in [-0.15, -0.1) is 0 Å². The number of rotatable bonds is 2. The van der Waals surface area contributed by atoms with Crippen LogP contribution >= 0.6 is 0 Å². The van der Waals surface area contributed by atoms with E-state index in [4.69, 9.17) is 4.52 Å². The molecule has 0 aromatic carbocycles. The molecular formula is C12H15N5O2. The molecule has 0 saturated carbocycles. The third kappa shape index (κ3) is 2.34. The minimum Gasteiger partial charge on any atom is -0.379 e. The number of hydrogen-bond acceptors (Lipinski definition) is 7. The summed E-state index contributed by atoms with van der Waals surface area (Å²) in [5.41, 5.74) is -0.128. The van der Waals surface area contributed by atoms with Gasteiger partial charge in [0.1, 0.15) is 0 Å². The summed E-state index contributed by atoms with van der Waals surface area (Å²) in [4.78, 5) is 12.5. The predicted octanol–water partition coefficient (Wildman–Crippen LogP) is 0.406. The Morgan fingerprint density at radius 1 is 1.32 bits per heavy atom. The van der Waals surface area contributed by atoms with E-state index in [9.17, 15) is 5.11 Å². The Kier molecular flexibility index (Phi) is 3.00. The van der Waals surface area contributed by atoms with Gasteiger partial charge in [0, 0.05) is 18.9 Å². The number of aryl methyl sites for hydroxylation is 1. The van der Waals surface area contributed by atoms with Gasteiger partial charge in [-0.05, 0) is 31.9 Å². The highest BCUT2D eigenvalue weighted by atomic mass is 16.5. The molecule has 2 aromatic rings. The lowest BCUT2D eigenvalue weighted by Crippen LogP contribution is -2.43. The molecule has 7 nitrogen and oxygen atoms in total. The van der Waals surface area contributed by atoms with Gasteiger partial charge in [-0.2, -0.15) is 4.98 Å². The molecule has 0 bridgehead atoms. The van der Waals surface area contributed by atoms with Crippen molar-refractivity contribution < 1.29 is 9.63 Å². The first-order valence-electron chi connectivity index (χ1n) is 6.24.